The van der Waals surface area contributed by atoms with Crippen LogP contribution >= 0.6 is 0 Å². The van der Waals surface area contributed by atoms with E-state index in [4.69, 9.17) is 4.74 Å². The van der Waals surface area contributed by atoms with Gasteiger partial charge >= 0.3 is 0 Å². The zero-order valence-electron chi connectivity index (χ0n) is 21.4. The van der Waals surface area contributed by atoms with E-state index in [1.807, 2.05) is 24.8 Å². The minimum absolute atomic E-state index is 0.0104. The highest BCUT2D eigenvalue weighted by molar-refractivity contribution is 5.97. The molecule has 0 spiro atoms. The highest BCUT2D eigenvalue weighted by Crippen LogP contribution is 2.26. The lowest BCUT2D eigenvalue weighted by Gasteiger charge is -2.48. The van der Waals surface area contributed by atoms with E-state index in [2.05, 4.69) is 15.3 Å². The fourth-order valence-corrected chi connectivity index (χ4v) is 4.30. The number of nitrogens with one attached hydrogen (secondary N) is 1. The number of hydrogen-bond donors (Lipinski definition) is 1. The Morgan fingerprint density at radius 1 is 1.23 bits per heavy atom. The lowest BCUT2D eigenvalue weighted by atomic mass is 9.95. The molecule has 1 fully saturated rings. The quantitative estimate of drug-likeness (QED) is 0.374. The number of benzene rings is 1. The van der Waals surface area contributed by atoms with E-state index in [-0.39, 0.29) is 40.4 Å². The number of carbonyl (C=O) groups excluding carboxylic acids is 2. The summed E-state index contributed by atoms with van der Waals surface area (Å²) in [7, 11) is 0. The maximum Gasteiger partial charge on any atom is 0.256 e. The van der Waals surface area contributed by atoms with Crippen LogP contribution in [0, 0.1) is 28.2 Å². The van der Waals surface area contributed by atoms with Crippen molar-refractivity contribution in [3.63, 3.8) is 0 Å². The summed E-state index contributed by atoms with van der Waals surface area (Å²) in [5.74, 6) is -2.47. The third kappa shape index (κ3) is 6.07. The molecular weight excluding hydrogens is 512 g/mol. The molecular formula is C26H25F2N7O4. The van der Waals surface area contributed by atoms with Gasteiger partial charge in [0.1, 0.15) is 17.4 Å². The van der Waals surface area contributed by atoms with Gasteiger partial charge in [-0.3, -0.25) is 14.5 Å². The number of amides is 2. The van der Waals surface area contributed by atoms with Crippen molar-refractivity contribution in [2.45, 2.75) is 32.4 Å². The smallest absolute Gasteiger partial charge is 0.256 e. The molecule has 202 valence electrons. The molecule has 1 saturated heterocycles. The summed E-state index contributed by atoms with van der Waals surface area (Å²) >= 11 is 0. The van der Waals surface area contributed by atoms with Gasteiger partial charge in [0.2, 0.25) is 11.8 Å². The first-order chi connectivity index (χ1) is 18.5. The maximum absolute atomic E-state index is 13.8. The fraction of sp³-hybridized carbons (Fsp3) is 0.308. The largest absolute Gasteiger partial charge is 0.619 e. The Morgan fingerprint density at radius 2 is 2.00 bits per heavy atom. The summed E-state index contributed by atoms with van der Waals surface area (Å²) in [6.45, 7) is 6.50. The molecule has 1 aromatic carbocycles. The first kappa shape index (κ1) is 27.3. The molecule has 2 amide bonds. The number of aromatic nitrogens is 3. The number of piperazine rings is 1. The molecule has 1 aliphatic heterocycles. The van der Waals surface area contributed by atoms with Crippen LogP contribution in [-0.2, 0) is 4.79 Å². The minimum atomic E-state index is -0.891. The SMILES string of the molecule is C[C@H](C(=O)Nc1cnc(Oc2ccc(F)cc2F)cn1)N1CCN(C(=O)c2cc[n+]([O-])cc2C#N)C(C)(C)C1. The zero-order chi connectivity index (χ0) is 28.3. The molecule has 3 aromatic rings. The van der Waals surface area contributed by atoms with Crippen LogP contribution in [-0.4, -0.2) is 62.8 Å². The molecule has 1 atom stereocenters. The second-order valence-corrected chi connectivity index (χ2v) is 9.57. The summed E-state index contributed by atoms with van der Waals surface area (Å²) < 4.78 is 32.6. The van der Waals surface area contributed by atoms with Crippen molar-refractivity contribution in [1.82, 2.24) is 19.8 Å². The van der Waals surface area contributed by atoms with Crippen molar-refractivity contribution >= 4 is 17.6 Å². The van der Waals surface area contributed by atoms with Gasteiger partial charge in [0.25, 0.3) is 5.91 Å². The van der Waals surface area contributed by atoms with Crippen molar-refractivity contribution < 1.29 is 27.8 Å². The van der Waals surface area contributed by atoms with E-state index >= 15 is 0 Å². The Labute approximate surface area is 222 Å². The topological polar surface area (TPSA) is 138 Å². The van der Waals surface area contributed by atoms with Gasteiger partial charge in [-0.1, -0.05) is 0 Å². The highest BCUT2D eigenvalue weighted by atomic mass is 19.1. The predicted octanol–water partition coefficient (Wildman–Crippen LogP) is 2.62. The van der Waals surface area contributed by atoms with Crippen LogP contribution < -0.4 is 14.8 Å². The van der Waals surface area contributed by atoms with E-state index in [1.54, 1.807) is 11.8 Å². The number of nitrogens with zero attached hydrogens (tertiary/aromatic N) is 6. The van der Waals surface area contributed by atoms with Crippen LogP contribution in [0.2, 0.25) is 0 Å². The Balaban J connectivity index is 1.37. The first-order valence-corrected chi connectivity index (χ1v) is 11.9. The Morgan fingerprint density at radius 3 is 2.64 bits per heavy atom. The summed E-state index contributed by atoms with van der Waals surface area (Å²) in [5.41, 5.74) is -0.553. The fourth-order valence-electron chi connectivity index (χ4n) is 4.30. The molecule has 11 nitrogen and oxygen atoms in total. The van der Waals surface area contributed by atoms with E-state index in [0.29, 0.717) is 30.4 Å². The van der Waals surface area contributed by atoms with Gasteiger partial charge in [-0.05, 0) is 32.9 Å². The molecule has 39 heavy (non-hydrogen) atoms. The molecule has 3 heterocycles. The van der Waals surface area contributed by atoms with E-state index in [9.17, 15) is 28.8 Å². The van der Waals surface area contributed by atoms with Gasteiger partial charge in [0.05, 0.1) is 29.5 Å². The third-order valence-electron chi connectivity index (χ3n) is 6.38. The van der Waals surface area contributed by atoms with E-state index in [0.717, 1.165) is 18.3 Å². The molecule has 0 saturated carbocycles. The van der Waals surface area contributed by atoms with Crippen LogP contribution in [0.4, 0.5) is 14.6 Å². The van der Waals surface area contributed by atoms with Crippen LogP contribution in [0.5, 0.6) is 11.6 Å². The standard InChI is InChI=1S/C26H25F2N7O4/c1-16(24(36)32-22-12-31-23(13-30-22)39-21-5-4-18(27)10-20(21)28)33-8-9-35(26(2,3)15-33)25(37)19-6-7-34(38)14-17(19)11-29/h4-7,10,12-14,16H,8-9,15H2,1-3H3,(H,30,32,36)/t16-/m1/s1. The molecule has 0 aliphatic carbocycles. The van der Waals surface area contributed by atoms with Crippen molar-refractivity contribution in [1.29, 1.82) is 5.26 Å². The van der Waals surface area contributed by atoms with Gasteiger partial charge in [-0.25, -0.2) is 18.7 Å². The Kier molecular flexibility index (Phi) is 7.68. The molecule has 0 bridgehead atoms. The molecule has 1 N–H and O–H groups in total. The third-order valence-corrected chi connectivity index (χ3v) is 6.38. The summed E-state index contributed by atoms with van der Waals surface area (Å²) in [4.78, 5) is 37.8. The lowest BCUT2D eigenvalue weighted by Crippen LogP contribution is -2.63. The van der Waals surface area contributed by atoms with Crippen molar-refractivity contribution in [2.24, 2.45) is 0 Å². The summed E-state index contributed by atoms with van der Waals surface area (Å²) in [6.07, 6.45) is 4.68. The van der Waals surface area contributed by atoms with Gasteiger partial charge in [-0.15, -0.1) is 0 Å². The minimum Gasteiger partial charge on any atom is -0.619 e. The van der Waals surface area contributed by atoms with Gasteiger partial charge < -0.3 is 20.2 Å². The normalized spacial score (nSPS) is 15.7. The average Bonchev–Trinajstić information content (AvgIpc) is 2.89. The average molecular weight is 538 g/mol. The van der Waals surface area contributed by atoms with Crippen molar-refractivity contribution in [2.75, 3.05) is 25.0 Å². The van der Waals surface area contributed by atoms with Crippen molar-refractivity contribution in [3.05, 3.63) is 77.0 Å². The second kappa shape index (κ2) is 11.0. The maximum atomic E-state index is 13.8. The van der Waals surface area contributed by atoms with Gasteiger partial charge in [0.15, 0.2) is 29.8 Å². The summed E-state index contributed by atoms with van der Waals surface area (Å²) in [6, 6.07) is 5.50. The number of halogens is 2. The number of hydrogen-bond acceptors (Lipinski definition) is 8. The van der Waals surface area contributed by atoms with Crippen LogP contribution in [0.15, 0.2) is 49.1 Å². The molecule has 0 unspecified atom stereocenters. The Bertz CT molecular complexity index is 1440. The van der Waals surface area contributed by atoms with Crippen LogP contribution in [0.25, 0.3) is 0 Å². The summed E-state index contributed by atoms with van der Waals surface area (Å²) in [5, 5.41) is 23.5. The molecule has 0 radical (unpaired) electrons. The number of carbonyl (C=O) groups is 2. The number of anilines is 1. The lowest BCUT2D eigenvalue weighted by molar-refractivity contribution is -0.605. The Hall–Kier alpha value is -4.70. The molecule has 13 heteroatoms. The van der Waals surface area contributed by atoms with Crippen LogP contribution in [0.1, 0.15) is 36.7 Å². The van der Waals surface area contributed by atoms with Crippen molar-refractivity contribution in [3.8, 4) is 17.7 Å². The highest BCUT2D eigenvalue weighted by Gasteiger charge is 2.40. The monoisotopic (exact) mass is 537 g/mol. The molecule has 1 aliphatic rings. The second-order valence-electron chi connectivity index (χ2n) is 9.57. The van der Waals surface area contributed by atoms with Gasteiger partial charge in [-0.2, -0.15) is 9.99 Å². The first-order valence-electron chi connectivity index (χ1n) is 11.9. The predicted molar refractivity (Wildman–Crippen MR) is 133 cm³/mol. The number of pyridine rings is 1. The molecule has 2 aromatic heterocycles. The number of rotatable bonds is 6. The number of ether oxygens (including phenoxy) is 1. The zero-order valence-corrected chi connectivity index (χ0v) is 21.4. The molecule has 4 rings (SSSR count). The van der Waals surface area contributed by atoms with Crippen LogP contribution in [0.3, 0.4) is 0 Å². The number of nitriles is 1. The van der Waals surface area contributed by atoms with Gasteiger partial charge in [0, 0.05) is 31.8 Å². The van der Waals surface area contributed by atoms with E-state index < -0.39 is 23.2 Å². The van der Waals surface area contributed by atoms with E-state index in [1.165, 1.54) is 24.7 Å².